The first-order valence-corrected chi connectivity index (χ1v) is 33.0. The molecule has 0 spiro atoms. The number of thioether (sulfide) groups is 4. The van der Waals surface area contributed by atoms with Crippen molar-refractivity contribution in [2.75, 3.05) is 101 Å². The highest BCUT2D eigenvalue weighted by Gasteiger charge is 2.48. The lowest BCUT2D eigenvalue weighted by Gasteiger charge is -2.22. The SMILES string of the molecule is CC(C)(CO)C(=O)SCCOP(=O)(OCCSC(=O)C(C)(C)CO)OC[C@H]1O[C@@H](n2ccc(N)nc2=O)[C@H](O)C1O.CC(C)(CO)C(=O)SCCOP(=O)(OCCSC(=O)C(C)(C)CO)OC[C@H]1O[C@@H](n2cnc3c(N)nc(Cl)nc32)[C@H](F)C1O. The molecule has 0 bridgehead atoms. The van der Waals surface area contributed by atoms with Gasteiger partial charge in [-0.15, -0.1) is 0 Å². The van der Waals surface area contributed by atoms with Crippen LogP contribution in [0.4, 0.5) is 16.0 Å². The molecule has 8 atom stereocenters. The fourth-order valence-corrected chi connectivity index (χ4v) is 12.9. The summed E-state index contributed by atoms with van der Waals surface area (Å²) in [4.78, 5) is 76.5. The largest absolute Gasteiger partial charge is 0.474 e. The Bertz CT molecular complexity index is 2820. The number of aromatic nitrogens is 6. The molecule has 0 aliphatic carbocycles. The van der Waals surface area contributed by atoms with Crippen LogP contribution in [0.25, 0.3) is 11.2 Å². The number of anilines is 2. The van der Waals surface area contributed by atoms with E-state index in [0.29, 0.717) is 0 Å². The lowest BCUT2D eigenvalue weighted by Crippen LogP contribution is -2.36. The van der Waals surface area contributed by atoms with Gasteiger partial charge in [0, 0.05) is 29.2 Å². The number of aliphatic hydroxyl groups excluding tert-OH is 7. The van der Waals surface area contributed by atoms with E-state index in [1.165, 1.54) is 23.2 Å². The number of hydrogen-bond acceptors (Lipinski definition) is 32. The van der Waals surface area contributed by atoms with Gasteiger partial charge in [-0.25, -0.2) is 23.3 Å². The Labute approximate surface area is 510 Å². The topological polar surface area (TPSA) is 448 Å². The van der Waals surface area contributed by atoms with Crippen molar-refractivity contribution >= 4 is 118 Å². The molecule has 30 nitrogen and oxygen atoms in total. The monoisotopic (exact) mass is 1350 g/mol. The fraction of sp³-hybridized carbons (Fsp3) is 0.723. The quantitative estimate of drug-likeness (QED) is 0.0246. The maximum Gasteiger partial charge on any atom is 0.474 e. The van der Waals surface area contributed by atoms with Gasteiger partial charge in [0.15, 0.2) is 50.6 Å². The van der Waals surface area contributed by atoms with E-state index in [-0.39, 0.29) is 124 Å². The molecular weight excluding hydrogens is 1270 g/mol. The molecule has 0 radical (unpaired) electrons. The molecular formula is C47H74ClFN8O22P2S4. The number of phosphoric ester groups is 2. The van der Waals surface area contributed by atoms with Crippen molar-refractivity contribution in [3.63, 3.8) is 0 Å². The zero-order chi connectivity index (χ0) is 63.9. The zero-order valence-electron chi connectivity index (χ0n) is 47.6. The Balaban J connectivity index is 0.000000365. The molecule has 2 aliphatic heterocycles. The van der Waals surface area contributed by atoms with E-state index >= 15 is 4.39 Å². The number of alkyl halides is 1. The number of imidazole rings is 1. The number of nitrogen functional groups attached to an aromatic ring is 2. The normalized spacial score (nSPS) is 21.5. The third-order valence-electron chi connectivity index (χ3n) is 12.3. The summed E-state index contributed by atoms with van der Waals surface area (Å²) in [5.74, 6) is 0.0852. The highest BCUT2D eigenvalue weighted by Crippen LogP contribution is 2.52. The number of fused-ring (bicyclic) bond motifs is 1. The van der Waals surface area contributed by atoms with Gasteiger partial charge < -0.3 is 56.7 Å². The van der Waals surface area contributed by atoms with Crippen molar-refractivity contribution in [2.24, 2.45) is 21.7 Å². The molecule has 2 aliphatic rings. The summed E-state index contributed by atoms with van der Waals surface area (Å²) >= 11 is 9.30. The third kappa shape index (κ3) is 21.1. The van der Waals surface area contributed by atoms with Gasteiger partial charge in [0.05, 0.1) is 94.1 Å². The second-order valence-electron chi connectivity index (χ2n) is 21.3. The van der Waals surface area contributed by atoms with E-state index in [1.807, 2.05) is 0 Å². The predicted molar refractivity (Wildman–Crippen MR) is 313 cm³/mol. The molecule has 0 saturated carbocycles. The molecule has 85 heavy (non-hydrogen) atoms. The van der Waals surface area contributed by atoms with E-state index in [1.54, 1.807) is 55.4 Å². The van der Waals surface area contributed by atoms with Crippen LogP contribution in [0.15, 0.2) is 23.4 Å². The van der Waals surface area contributed by atoms with Gasteiger partial charge in [0.1, 0.15) is 41.9 Å². The molecule has 38 heteroatoms. The van der Waals surface area contributed by atoms with E-state index in [9.17, 15) is 68.8 Å². The number of ether oxygens (including phenoxy) is 2. The fourth-order valence-electron chi connectivity index (χ4n) is 6.60. The number of nitrogens with zero attached hydrogens (tertiary/aromatic N) is 6. The van der Waals surface area contributed by atoms with Crippen molar-refractivity contribution < 1.29 is 105 Å². The average molecular weight is 1350 g/mol. The van der Waals surface area contributed by atoms with Gasteiger partial charge >= 0.3 is 21.3 Å². The minimum Gasteiger partial charge on any atom is -0.395 e. The van der Waals surface area contributed by atoms with Gasteiger partial charge in [-0.1, -0.05) is 47.0 Å². The second kappa shape index (κ2) is 32.8. The molecule has 2 saturated heterocycles. The molecule has 11 N–H and O–H groups in total. The van der Waals surface area contributed by atoms with Crippen LogP contribution in [0.5, 0.6) is 0 Å². The smallest absolute Gasteiger partial charge is 0.395 e. The minimum absolute atomic E-state index is 0.0370. The summed E-state index contributed by atoms with van der Waals surface area (Å²) in [6.07, 6.45) is -9.78. The van der Waals surface area contributed by atoms with E-state index in [2.05, 4.69) is 19.9 Å². The van der Waals surface area contributed by atoms with Gasteiger partial charge in [0.25, 0.3) is 0 Å². The van der Waals surface area contributed by atoms with E-state index < -0.39 is 105 Å². The first kappa shape index (κ1) is 74.7. The van der Waals surface area contributed by atoms with Crippen molar-refractivity contribution in [2.45, 2.75) is 105 Å². The highest BCUT2D eigenvalue weighted by molar-refractivity contribution is 8.14. The maximum atomic E-state index is 15.2. The zero-order valence-corrected chi connectivity index (χ0v) is 53.4. The average Bonchev–Trinajstić information content (AvgIpc) is 2.07. The van der Waals surface area contributed by atoms with Crippen LogP contribution in [-0.2, 0) is 64.9 Å². The van der Waals surface area contributed by atoms with Crippen molar-refractivity contribution in [1.82, 2.24) is 29.1 Å². The number of nitrogens with two attached hydrogens (primary N) is 2. The van der Waals surface area contributed by atoms with Crippen LogP contribution in [0.2, 0.25) is 5.28 Å². The first-order valence-electron chi connectivity index (χ1n) is 25.8. The Morgan fingerprint density at radius 2 is 1.01 bits per heavy atom. The van der Waals surface area contributed by atoms with Crippen LogP contribution >= 0.6 is 74.3 Å². The maximum absolute atomic E-state index is 15.2. The Hall–Kier alpha value is -2.81. The van der Waals surface area contributed by atoms with Gasteiger partial charge in [-0.05, 0) is 73.1 Å². The number of rotatable bonds is 32. The summed E-state index contributed by atoms with van der Waals surface area (Å²) in [5, 5.41) is 67.4. The minimum atomic E-state index is -4.40. The third-order valence-corrected chi connectivity index (χ3v) is 20.1. The van der Waals surface area contributed by atoms with Crippen molar-refractivity contribution in [1.29, 1.82) is 0 Å². The second-order valence-corrected chi connectivity index (χ2v) is 29.3. The number of carbonyl (C=O) groups excluding carboxylic acids is 4. The molecule has 3 aromatic heterocycles. The predicted octanol–water partition coefficient (Wildman–Crippen LogP) is 2.53. The molecule has 0 aromatic carbocycles. The van der Waals surface area contributed by atoms with Crippen molar-refractivity contribution in [3.05, 3.63) is 34.4 Å². The summed E-state index contributed by atoms with van der Waals surface area (Å²) in [6.45, 7) is 8.82. The number of phosphoric acid groups is 2. The lowest BCUT2D eigenvalue weighted by atomic mass is 9.97. The Kier molecular flexibility index (Phi) is 28.8. The molecule has 2 fully saturated rings. The first-order chi connectivity index (χ1) is 39.6. The summed E-state index contributed by atoms with van der Waals surface area (Å²) < 4.78 is 87.7. The number of halogens is 2. The summed E-state index contributed by atoms with van der Waals surface area (Å²) in [5.41, 5.74) is 6.71. The van der Waals surface area contributed by atoms with Crippen molar-refractivity contribution in [3.8, 4) is 0 Å². The Morgan fingerprint density at radius 3 is 1.40 bits per heavy atom. The number of aliphatic hydroxyl groups is 7. The van der Waals surface area contributed by atoms with Gasteiger partial charge in [-0.3, -0.25) is 55.5 Å². The lowest BCUT2D eigenvalue weighted by molar-refractivity contribution is -0.120. The van der Waals surface area contributed by atoms with E-state index in [0.717, 1.165) is 51.6 Å². The van der Waals surface area contributed by atoms with Gasteiger partial charge in [0.2, 0.25) is 5.28 Å². The van der Waals surface area contributed by atoms with Crippen LogP contribution in [-0.4, -0.2) is 211 Å². The summed E-state index contributed by atoms with van der Waals surface area (Å²) in [6, 6.07) is 1.30. The molecule has 3 aromatic rings. The standard InChI is InChI=1S/C24H36ClFN5O10PS2.C23H38N3O12PS2/c1-23(2,10-32)20(35)43-7-5-38-42(37,39-6-8-44-21(36)24(3,4)11-33)40-9-13-16(34)14(26)19(41-13)31-12-28-15-17(27)29-22(25)30-18(15)31;1-22(2,12-27)19(31)40-9-7-35-39(34,36-8-10-41-20(32)23(3,4)13-28)37-11-14-16(29)17(30)18(38-14)26-6-5-15(24)25-21(26)33/h12-14,16,19,32-34H,5-11H2,1-4H3,(H2,27,29,30);5-6,14,16-18,27-30H,7-13H2,1-4H3,(H2,24,25,33)/t13-,14-,16?,19-;14-,16?,17-,18-/m11/s1. The Morgan fingerprint density at radius 1 is 0.624 bits per heavy atom. The molecule has 5 heterocycles. The molecule has 2 unspecified atom stereocenters. The van der Waals surface area contributed by atoms with Crippen LogP contribution in [0, 0.1) is 21.7 Å². The van der Waals surface area contributed by atoms with Crippen LogP contribution in [0.1, 0.15) is 67.8 Å². The number of hydrogen-bond donors (Lipinski definition) is 9. The molecule has 5 rings (SSSR count). The van der Waals surface area contributed by atoms with E-state index in [4.69, 9.17) is 59.7 Å². The highest BCUT2D eigenvalue weighted by atomic mass is 35.5. The van der Waals surface area contributed by atoms with Gasteiger partial charge in [-0.2, -0.15) is 15.0 Å². The number of carbonyl (C=O) groups is 4. The van der Waals surface area contributed by atoms with Crippen LogP contribution in [0.3, 0.4) is 0 Å². The van der Waals surface area contributed by atoms with Crippen LogP contribution < -0.4 is 17.2 Å². The molecule has 482 valence electrons. The summed E-state index contributed by atoms with van der Waals surface area (Å²) in [7, 11) is -8.76. The molecule has 0 amide bonds.